The average molecular weight is 580 g/mol. The number of carbonyl (C=O) groups excluding carboxylic acids is 1. The first kappa shape index (κ1) is 26.9. The second-order valence-corrected chi connectivity index (χ2v) is 12.7. The highest BCUT2D eigenvalue weighted by Crippen LogP contribution is 2.37. The summed E-state index contributed by atoms with van der Waals surface area (Å²) in [5, 5.41) is 12.5. The lowest BCUT2D eigenvalue weighted by molar-refractivity contribution is 0.0945. The smallest absolute Gasteiger partial charge is 0.272 e. The predicted octanol–water partition coefficient (Wildman–Crippen LogP) is 5.61. The Morgan fingerprint density at radius 2 is 1.74 bits per heavy atom. The van der Waals surface area contributed by atoms with Crippen LogP contribution in [0, 0.1) is 13.8 Å². The zero-order valence-corrected chi connectivity index (χ0v) is 24.2. The van der Waals surface area contributed by atoms with Crippen molar-refractivity contribution in [1.29, 1.82) is 0 Å². The molecule has 0 aliphatic rings. The maximum absolute atomic E-state index is 13.2. The van der Waals surface area contributed by atoms with E-state index in [1.807, 2.05) is 57.3 Å². The first-order chi connectivity index (χ1) is 18.5. The van der Waals surface area contributed by atoms with Crippen LogP contribution in [0.5, 0.6) is 0 Å². The van der Waals surface area contributed by atoms with E-state index in [-0.39, 0.29) is 16.5 Å². The van der Waals surface area contributed by atoms with Crippen molar-refractivity contribution in [1.82, 2.24) is 24.9 Å². The van der Waals surface area contributed by atoms with Crippen LogP contribution in [0.4, 0.5) is 0 Å². The van der Waals surface area contributed by atoms with Gasteiger partial charge >= 0.3 is 0 Å². The zero-order chi connectivity index (χ0) is 27.9. The third-order valence-corrected chi connectivity index (χ3v) is 9.10. The molecular formula is C28H26ClN5O3S2. The predicted molar refractivity (Wildman–Crippen MR) is 154 cm³/mol. The number of carbonyl (C=O) groups is 1. The monoisotopic (exact) mass is 579 g/mol. The summed E-state index contributed by atoms with van der Waals surface area (Å²) in [7, 11) is -1.46. The number of aromatic nitrogens is 4. The molecule has 0 saturated carbocycles. The molecule has 39 heavy (non-hydrogen) atoms. The highest BCUT2D eigenvalue weighted by Gasteiger charge is 2.21. The van der Waals surface area contributed by atoms with Gasteiger partial charge in [0, 0.05) is 36.0 Å². The van der Waals surface area contributed by atoms with Crippen molar-refractivity contribution in [3.8, 4) is 26.7 Å². The summed E-state index contributed by atoms with van der Waals surface area (Å²) in [4.78, 5) is 15.2. The third-order valence-electron chi connectivity index (χ3n) is 6.51. The van der Waals surface area contributed by atoms with E-state index in [2.05, 4.69) is 15.5 Å². The number of amides is 1. The Balaban J connectivity index is 1.52. The molecule has 2 aromatic carbocycles. The average Bonchev–Trinajstić information content (AvgIpc) is 3.61. The molecule has 0 unspecified atom stereocenters. The zero-order valence-electron chi connectivity index (χ0n) is 21.8. The fourth-order valence-corrected chi connectivity index (χ4v) is 6.20. The van der Waals surface area contributed by atoms with E-state index in [9.17, 15) is 13.2 Å². The standard InChI is InChI=1S/C28H26ClN5O3S2/c1-17-21(18(2)33(3)31-17)16-30-28(35)23-15-25(34(32-23)24-11-6-5-10-22(24)29)27-13-12-26(38-27)19-8-7-9-20(14-19)39(4,36)37/h5-15H,16H2,1-4H3,(H,30,35). The molecule has 0 aliphatic carbocycles. The quantitative estimate of drug-likeness (QED) is 0.270. The van der Waals surface area contributed by atoms with E-state index >= 15 is 0 Å². The minimum absolute atomic E-state index is 0.248. The second kappa shape index (κ2) is 10.4. The van der Waals surface area contributed by atoms with Crippen LogP contribution in [0.3, 0.4) is 0 Å². The Hall–Kier alpha value is -3.73. The van der Waals surface area contributed by atoms with Crippen LogP contribution in [-0.4, -0.2) is 40.1 Å². The molecule has 3 heterocycles. The Morgan fingerprint density at radius 3 is 2.44 bits per heavy atom. The van der Waals surface area contributed by atoms with E-state index in [0.29, 0.717) is 22.9 Å². The maximum atomic E-state index is 13.2. The third kappa shape index (κ3) is 5.40. The topological polar surface area (TPSA) is 98.9 Å². The summed E-state index contributed by atoms with van der Waals surface area (Å²) >= 11 is 8.00. The lowest BCUT2D eigenvalue weighted by Gasteiger charge is -2.08. The first-order valence-corrected chi connectivity index (χ1v) is 15.1. The van der Waals surface area contributed by atoms with Gasteiger partial charge in [-0.15, -0.1) is 11.3 Å². The maximum Gasteiger partial charge on any atom is 0.272 e. The van der Waals surface area contributed by atoms with E-state index in [4.69, 9.17) is 11.6 Å². The van der Waals surface area contributed by atoms with Crippen LogP contribution in [0.1, 0.15) is 27.4 Å². The number of hydrogen-bond acceptors (Lipinski definition) is 6. The summed E-state index contributed by atoms with van der Waals surface area (Å²) in [6.07, 6.45) is 1.19. The molecule has 0 fully saturated rings. The number of thiophene rings is 1. The van der Waals surface area contributed by atoms with Crippen LogP contribution >= 0.6 is 22.9 Å². The summed E-state index contributed by atoms with van der Waals surface area (Å²) in [5.41, 5.74) is 5.19. The van der Waals surface area contributed by atoms with Crippen LogP contribution in [0.15, 0.2) is 71.6 Å². The molecule has 0 bridgehead atoms. The number of rotatable bonds is 7. The first-order valence-electron chi connectivity index (χ1n) is 12.1. The van der Waals surface area contributed by atoms with Crippen LogP contribution in [0.2, 0.25) is 5.02 Å². The second-order valence-electron chi connectivity index (χ2n) is 9.20. The van der Waals surface area contributed by atoms with E-state index in [1.54, 1.807) is 39.7 Å². The highest BCUT2D eigenvalue weighted by molar-refractivity contribution is 7.90. The Morgan fingerprint density at radius 1 is 1.00 bits per heavy atom. The van der Waals surface area contributed by atoms with Gasteiger partial charge < -0.3 is 5.32 Å². The van der Waals surface area contributed by atoms with Crippen molar-refractivity contribution < 1.29 is 13.2 Å². The van der Waals surface area contributed by atoms with Gasteiger partial charge in [0.1, 0.15) is 0 Å². The molecule has 0 atom stereocenters. The van der Waals surface area contributed by atoms with Gasteiger partial charge in [-0.25, -0.2) is 13.1 Å². The van der Waals surface area contributed by atoms with Crippen molar-refractivity contribution >= 4 is 38.7 Å². The van der Waals surface area contributed by atoms with Gasteiger partial charge in [0.05, 0.1) is 31.9 Å². The minimum atomic E-state index is -3.34. The molecule has 0 saturated heterocycles. The summed E-state index contributed by atoms with van der Waals surface area (Å²) in [5.74, 6) is -0.317. The molecule has 0 radical (unpaired) electrons. The van der Waals surface area contributed by atoms with Gasteiger partial charge in [0.2, 0.25) is 0 Å². The molecule has 0 aliphatic heterocycles. The Bertz CT molecular complexity index is 1820. The van der Waals surface area contributed by atoms with E-state index in [0.717, 1.165) is 32.3 Å². The van der Waals surface area contributed by atoms with Crippen molar-refractivity contribution in [3.63, 3.8) is 0 Å². The van der Waals surface area contributed by atoms with Gasteiger partial charge in [0.15, 0.2) is 15.5 Å². The molecule has 3 aromatic heterocycles. The van der Waals surface area contributed by atoms with Crippen molar-refractivity contribution in [3.05, 3.63) is 94.4 Å². The number of halogens is 1. The van der Waals surface area contributed by atoms with Crippen LogP contribution < -0.4 is 5.32 Å². The SMILES string of the molecule is Cc1nn(C)c(C)c1CNC(=O)c1cc(-c2ccc(-c3cccc(S(C)(=O)=O)c3)s2)n(-c2ccccc2Cl)n1. The van der Waals surface area contributed by atoms with Gasteiger partial charge in [-0.2, -0.15) is 10.2 Å². The van der Waals surface area contributed by atoms with Gasteiger partial charge in [-0.05, 0) is 61.9 Å². The number of sulfone groups is 1. The Kier molecular flexibility index (Phi) is 7.19. The number of para-hydroxylation sites is 1. The van der Waals surface area contributed by atoms with Crippen LogP contribution in [-0.2, 0) is 23.4 Å². The summed E-state index contributed by atoms with van der Waals surface area (Å²) in [6.45, 7) is 4.21. The fourth-order valence-electron chi connectivity index (χ4n) is 4.32. The lowest BCUT2D eigenvalue weighted by atomic mass is 10.2. The molecule has 11 heteroatoms. The minimum Gasteiger partial charge on any atom is -0.346 e. The molecule has 200 valence electrons. The molecule has 1 N–H and O–H groups in total. The number of aryl methyl sites for hydroxylation is 2. The van der Waals surface area contributed by atoms with Crippen molar-refractivity contribution in [2.24, 2.45) is 7.05 Å². The molecule has 8 nitrogen and oxygen atoms in total. The van der Waals surface area contributed by atoms with Crippen molar-refractivity contribution in [2.45, 2.75) is 25.3 Å². The molecule has 1 amide bonds. The van der Waals surface area contributed by atoms with Crippen molar-refractivity contribution in [2.75, 3.05) is 6.26 Å². The van der Waals surface area contributed by atoms with Gasteiger partial charge in [-0.1, -0.05) is 35.9 Å². The van der Waals surface area contributed by atoms with E-state index in [1.165, 1.54) is 17.6 Å². The molecule has 5 rings (SSSR count). The number of nitrogens with one attached hydrogen (secondary N) is 1. The summed E-state index contributed by atoms with van der Waals surface area (Å²) in [6, 6.07) is 19.8. The van der Waals surface area contributed by atoms with E-state index < -0.39 is 9.84 Å². The fraction of sp³-hybridized carbons (Fsp3) is 0.179. The number of nitrogens with zero attached hydrogens (tertiary/aromatic N) is 4. The van der Waals surface area contributed by atoms with Crippen LogP contribution in [0.25, 0.3) is 26.7 Å². The normalized spacial score (nSPS) is 11.6. The molecular weight excluding hydrogens is 554 g/mol. The lowest BCUT2D eigenvalue weighted by Crippen LogP contribution is -2.24. The molecule has 0 spiro atoms. The Labute approximate surface area is 235 Å². The number of benzene rings is 2. The number of hydrogen-bond donors (Lipinski definition) is 1. The van der Waals surface area contributed by atoms with Gasteiger partial charge in [0.25, 0.3) is 5.91 Å². The largest absolute Gasteiger partial charge is 0.346 e. The summed E-state index contributed by atoms with van der Waals surface area (Å²) < 4.78 is 27.6. The molecule has 5 aromatic rings. The van der Waals surface area contributed by atoms with Gasteiger partial charge in [-0.3, -0.25) is 9.48 Å². The highest BCUT2D eigenvalue weighted by atomic mass is 35.5.